The first-order chi connectivity index (χ1) is 9.11. The van der Waals surface area contributed by atoms with Gasteiger partial charge in [-0.15, -0.1) is 0 Å². The Morgan fingerprint density at radius 3 is 2.89 bits per heavy atom. The van der Waals surface area contributed by atoms with E-state index in [4.69, 9.17) is 4.52 Å². The zero-order chi connectivity index (χ0) is 13.8. The van der Waals surface area contributed by atoms with Crippen molar-refractivity contribution < 1.29 is 13.7 Å². The van der Waals surface area contributed by atoms with Crippen LogP contribution in [0.4, 0.5) is 4.39 Å². The van der Waals surface area contributed by atoms with Crippen LogP contribution in [0.5, 0.6) is 0 Å². The Balaban J connectivity index is 2.20. The average molecular weight is 262 g/mol. The van der Waals surface area contributed by atoms with E-state index >= 15 is 0 Å². The summed E-state index contributed by atoms with van der Waals surface area (Å²) < 4.78 is 18.5. The molecule has 19 heavy (non-hydrogen) atoms. The maximum atomic E-state index is 13.6. The molecule has 1 heterocycles. The summed E-state index contributed by atoms with van der Waals surface area (Å²) in [5.41, 5.74) is 0.626. The Morgan fingerprint density at radius 2 is 2.21 bits per heavy atom. The smallest absolute Gasteiger partial charge is 0.290 e. The Bertz CT molecular complexity index is 580. The van der Waals surface area contributed by atoms with Crippen LogP contribution in [0.1, 0.15) is 30.8 Å². The van der Waals surface area contributed by atoms with Crippen LogP contribution in [0.3, 0.4) is 0 Å². The lowest BCUT2D eigenvalue weighted by Gasteiger charge is -2.08. The van der Waals surface area contributed by atoms with Gasteiger partial charge in [-0.25, -0.2) is 4.39 Å². The van der Waals surface area contributed by atoms with Gasteiger partial charge in [-0.3, -0.25) is 4.79 Å². The Hall–Kier alpha value is -2.17. The molecule has 5 heteroatoms. The lowest BCUT2D eigenvalue weighted by Crippen LogP contribution is -2.31. The third-order valence-corrected chi connectivity index (χ3v) is 2.87. The second kappa shape index (κ2) is 5.65. The summed E-state index contributed by atoms with van der Waals surface area (Å²) in [6.45, 7) is 3.86. The monoisotopic (exact) mass is 262 g/mol. The summed E-state index contributed by atoms with van der Waals surface area (Å²) in [7, 11) is 0. The van der Waals surface area contributed by atoms with Crippen molar-refractivity contribution in [2.75, 3.05) is 0 Å². The van der Waals surface area contributed by atoms with Gasteiger partial charge in [0.2, 0.25) is 5.76 Å². The van der Waals surface area contributed by atoms with E-state index < -0.39 is 5.82 Å². The lowest BCUT2D eigenvalue weighted by molar-refractivity contribution is 0.0902. The number of halogens is 1. The van der Waals surface area contributed by atoms with Crippen LogP contribution in [0.2, 0.25) is 0 Å². The first kappa shape index (κ1) is 13.3. The number of nitrogens with one attached hydrogen (secondary N) is 1. The molecule has 0 aliphatic carbocycles. The van der Waals surface area contributed by atoms with Crippen molar-refractivity contribution in [3.05, 3.63) is 41.9 Å². The van der Waals surface area contributed by atoms with Crippen LogP contribution in [0, 0.1) is 5.82 Å². The third kappa shape index (κ3) is 2.99. The van der Waals surface area contributed by atoms with Gasteiger partial charge < -0.3 is 9.84 Å². The van der Waals surface area contributed by atoms with E-state index in [0.29, 0.717) is 11.3 Å². The first-order valence-electron chi connectivity index (χ1n) is 6.14. The number of carbonyl (C=O) groups is 1. The van der Waals surface area contributed by atoms with E-state index in [1.165, 1.54) is 12.1 Å². The van der Waals surface area contributed by atoms with Crippen LogP contribution in [0.15, 0.2) is 34.9 Å². The third-order valence-electron chi connectivity index (χ3n) is 2.87. The molecule has 4 nitrogen and oxygen atoms in total. The molecule has 1 amide bonds. The van der Waals surface area contributed by atoms with E-state index in [0.717, 1.165) is 6.42 Å². The van der Waals surface area contributed by atoms with Crippen molar-refractivity contribution in [1.29, 1.82) is 0 Å². The maximum absolute atomic E-state index is 13.6. The highest BCUT2D eigenvalue weighted by Gasteiger charge is 2.16. The number of benzene rings is 1. The molecule has 1 N–H and O–H groups in total. The van der Waals surface area contributed by atoms with Gasteiger partial charge in [0.25, 0.3) is 5.91 Å². The highest BCUT2D eigenvalue weighted by molar-refractivity contribution is 5.92. The number of rotatable bonds is 4. The van der Waals surface area contributed by atoms with E-state index in [9.17, 15) is 9.18 Å². The van der Waals surface area contributed by atoms with Crippen LogP contribution in [-0.4, -0.2) is 17.1 Å². The maximum Gasteiger partial charge on any atom is 0.290 e. The fourth-order valence-electron chi connectivity index (χ4n) is 1.58. The minimum atomic E-state index is -0.398. The molecule has 0 spiro atoms. The minimum absolute atomic E-state index is 0.0505. The molecule has 0 radical (unpaired) electrons. The fraction of sp³-hybridized carbons (Fsp3) is 0.286. The second-order valence-corrected chi connectivity index (χ2v) is 4.34. The molecule has 0 aliphatic heterocycles. The molecular weight excluding hydrogens is 247 g/mol. The molecule has 2 rings (SSSR count). The molecule has 0 aliphatic rings. The van der Waals surface area contributed by atoms with Gasteiger partial charge in [0.15, 0.2) is 0 Å². The van der Waals surface area contributed by atoms with Crippen molar-refractivity contribution in [1.82, 2.24) is 10.5 Å². The average Bonchev–Trinajstić information content (AvgIpc) is 2.88. The fourth-order valence-corrected chi connectivity index (χ4v) is 1.58. The minimum Gasteiger partial charge on any atom is -0.350 e. The Kier molecular flexibility index (Phi) is 3.94. The molecule has 1 aromatic carbocycles. The molecule has 100 valence electrons. The quantitative estimate of drug-likeness (QED) is 0.921. The van der Waals surface area contributed by atoms with Crippen molar-refractivity contribution in [3.63, 3.8) is 0 Å². The SMILES string of the molecule is CC[C@@H](C)NC(=O)c1cc(-c2ccccc2F)no1. The van der Waals surface area contributed by atoms with Gasteiger partial charge in [0.05, 0.1) is 0 Å². The number of carbonyl (C=O) groups excluding carboxylic acids is 1. The van der Waals surface area contributed by atoms with Gasteiger partial charge >= 0.3 is 0 Å². The summed E-state index contributed by atoms with van der Waals surface area (Å²) in [6, 6.07) is 7.71. The normalized spacial score (nSPS) is 12.2. The second-order valence-electron chi connectivity index (χ2n) is 4.34. The standard InChI is InChI=1S/C14H15FN2O2/c1-3-9(2)16-14(18)13-8-12(17-19-13)10-6-4-5-7-11(10)15/h4-9H,3H2,1-2H3,(H,16,18)/t9-/m1/s1. The molecule has 0 saturated heterocycles. The summed E-state index contributed by atoms with van der Waals surface area (Å²) in [4.78, 5) is 11.8. The van der Waals surface area contributed by atoms with Gasteiger partial charge in [0, 0.05) is 17.7 Å². The molecule has 0 saturated carbocycles. The van der Waals surface area contributed by atoms with E-state index in [2.05, 4.69) is 10.5 Å². The number of aromatic nitrogens is 1. The number of amides is 1. The Morgan fingerprint density at radius 1 is 1.47 bits per heavy atom. The van der Waals surface area contributed by atoms with Gasteiger partial charge in [-0.1, -0.05) is 24.2 Å². The van der Waals surface area contributed by atoms with Crippen LogP contribution >= 0.6 is 0 Å². The summed E-state index contributed by atoms with van der Waals surface area (Å²) >= 11 is 0. The van der Waals surface area contributed by atoms with E-state index in [-0.39, 0.29) is 17.7 Å². The summed E-state index contributed by atoms with van der Waals surface area (Å²) in [5.74, 6) is -0.660. The van der Waals surface area contributed by atoms with Crippen molar-refractivity contribution >= 4 is 5.91 Å². The van der Waals surface area contributed by atoms with E-state index in [1.54, 1.807) is 18.2 Å². The van der Waals surface area contributed by atoms with Crippen molar-refractivity contribution in [2.24, 2.45) is 0 Å². The van der Waals surface area contributed by atoms with Crippen molar-refractivity contribution in [3.8, 4) is 11.3 Å². The largest absolute Gasteiger partial charge is 0.350 e. The van der Waals surface area contributed by atoms with Gasteiger partial charge in [0.1, 0.15) is 11.5 Å². The molecular formula is C14H15FN2O2. The van der Waals surface area contributed by atoms with Crippen molar-refractivity contribution in [2.45, 2.75) is 26.3 Å². The molecule has 0 unspecified atom stereocenters. The lowest BCUT2D eigenvalue weighted by atomic mass is 10.1. The van der Waals surface area contributed by atoms with E-state index in [1.807, 2.05) is 13.8 Å². The summed E-state index contributed by atoms with van der Waals surface area (Å²) in [6.07, 6.45) is 0.819. The first-order valence-corrected chi connectivity index (χ1v) is 6.14. The molecule has 0 fully saturated rings. The molecule has 0 bridgehead atoms. The highest BCUT2D eigenvalue weighted by atomic mass is 19.1. The predicted octanol–water partition coefficient (Wildman–Crippen LogP) is 3.01. The van der Waals surface area contributed by atoms with Gasteiger partial charge in [-0.05, 0) is 25.5 Å². The van der Waals surface area contributed by atoms with Crippen LogP contribution < -0.4 is 5.32 Å². The molecule has 1 atom stereocenters. The zero-order valence-corrected chi connectivity index (χ0v) is 10.8. The predicted molar refractivity (Wildman–Crippen MR) is 69.1 cm³/mol. The topological polar surface area (TPSA) is 55.1 Å². The highest BCUT2D eigenvalue weighted by Crippen LogP contribution is 2.22. The molecule has 1 aromatic heterocycles. The number of nitrogens with zero attached hydrogens (tertiary/aromatic N) is 1. The van der Waals surface area contributed by atoms with Crippen LogP contribution in [0.25, 0.3) is 11.3 Å². The van der Waals surface area contributed by atoms with Crippen LogP contribution in [-0.2, 0) is 0 Å². The Labute approximate surface area is 110 Å². The zero-order valence-electron chi connectivity index (χ0n) is 10.8. The number of hydrogen-bond acceptors (Lipinski definition) is 3. The number of hydrogen-bond donors (Lipinski definition) is 1. The summed E-state index contributed by atoms with van der Waals surface area (Å²) in [5, 5.41) is 6.48. The molecule has 2 aromatic rings. The van der Waals surface area contributed by atoms with Gasteiger partial charge in [-0.2, -0.15) is 0 Å².